The van der Waals surface area contributed by atoms with Gasteiger partial charge >= 0.3 is 0 Å². The maximum atomic E-state index is 6.10. The highest BCUT2D eigenvalue weighted by Crippen LogP contribution is 2.29. The number of halogens is 1. The molecular weight excluding hydrogens is 238 g/mol. The standard InChI is InChI=1S/C13H18ClNO2/c14-12-6-3-4-10(8-15)13(12)17-9-11-5-1-2-7-16-11/h3-4,6,11H,1-2,5,7-9,15H2. The minimum absolute atomic E-state index is 0.186. The van der Waals surface area contributed by atoms with E-state index in [1.165, 1.54) is 6.42 Å². The second-order valence-electron chi connectivity index (χ2n) is 4.23. The van der Waals surface area contributed by atoms with E-state index in [-0.39, 0.29) is 6.10 Å². The van der Waals surface area contributed by atoms with Crippen LogP contribution < -0.4 is 10.5 Å². The van der Waals surface area contributed by atoms with Crippen LogP contribution in [0.15, 0.2) is 18.2 Å². The predicted molar refractivity (Wildman–Crippen MR) is 68.4 cm³/mol. The molecule has 1 aromatic rings. The summed E-state index contributed by atoms with van der Waals surface area (Å²) in [7, 11) is 0. The van der Waals surface area contributed by atoms with Gasteiger partial charge in [0.1, 0.15) is 12.4 Å². The lowest BCUT2D eigenvalue weighted by atomic mass is 10.1. The third-order valence-electron chi connectivity index (χ3n) is 2.96. The SMILES string of the molecule is NCc1cccc(Cl)c1OCC1CCCCO1. The van der Waals surface area contributed by atoms with E-state index in [2.05, 4.69) is 0 Å². The first-order valence-electron chi connectivity index (χ1n) is 6.03. The zero-order chi connectivity index (χ0) is 12.1. The fourth-order valence-electron chi connectivity index (χ4n) is 1.99. The molecule has 1 fully saturated rings. The number of benzene rings is 1. The van der Waals surface area contributed by atoms with E-state index < -0.39 is 0 Å². The van der Waals surface area contributed by atoms with Gasteiger partial charge in [-0.15, -0.1) is 0 Å². The zero-order valence-corrected chi connectivity index (χ0v) is 10.6. The normalized spacial score (nSPS) is 20.2. The molecule has 1 saturated heterocycles. The summed E-state index contributed by atoms with van der Waals surface area (Å²) in [6.45, 7) is 1.82. The smallest absolute Gasteiger partial charge is 0.142 e. The lowest BCUT2D eigenvalue weighted by Gasteiger charge is -2.23. The van der Waals surface area contributed by atoms with Crippen molar-refractivity contribution in [3.8, 4) is 5.75 Å². The minimum atomic E-state index is 0.186. The highest BCUT2D eigenvalue weighted by Gasteiger charge is 2.16. The Kier molecular flexibility index (Phi) is 4.66. The summed E-state index contributed by atoms with van der Waals surface area (Å²) < 4.78 is 11.4. The molecule has 0 saturated carbocycles. The largest absolute Gasteiger partial charge is 0.489 e. The van der Waals surface area contributed by atoms with Crippen molar-refractivity contribution in [3.63, 3.8) is 0 Å². The van der Waals surface area contributed by atoms with Gasteiger partial charge in [0.25, 0.3) is 0 Å². The maximum absolute atomic E-state index is 6.10. The van der Waals surface area contributed by atoms with Crippen molar-refractivity contribution in [1.82, 2.24) is 0 Å². The van der Waals surface area contributed by atoms with Crippen LogP contribution in [0.3, 0.4) is 0 Å². The minimum Gasteiger partial charge on any atom is -0.489 e. The van der Waals surface area contributed by atoms with E-state index in [0.29, 0.717) is 23.9 Å². The van der Waals surface area contributed by atoms with Crippen molar-refractivity contribution in [2.45, 2.75) is 31.9 Å². The van der Waals surface area contributed by atoms with Crippen LogP contribution in [0.4, 0.5) is 0 Å². The van der Waals surface area contributed by atoms with Crippen LogP contribution in [0.5, 0.6) is 5.75 Å². The van der Waals surface area contributed by atoms with Crippen molar-refractivity contribution in [3.05, 3.63) is 28.8 Å². The predicted octanol–water partition coefficient (Wildman–Crippen LogP) is 2.75. The van der Waals surface area contributed by atoms with E-state index >= 15 is 0 Å². The van der Waals surface area contributed by atoms with E-state index in [4.69, 9.17) is 26.8 Å². The maximum Gasteiger partial charge on any atom is 0.142 e. The van der Waals surface area contributed by atoms with Gasteiger partial charge < -0.3 is 15.2 Å². The topological polar surface area (TPSA) is 44.5 Å². The van der Waals surface area contributed by atoms with Crippen LogP contribution in [-0.4, -0.2) is 19.3 Å². The van der Waals surface area contributed by atoms with Gasteiger partial charge in [0.15, 0.2) is 0 Å². The Balaban J connectivity index is 1.97. The van der Waals surface area contributed by atoms with Gasteiger partial charge in [0.05, 0.1) is 11.1 Å². The fourth-order valence-corrected chi connectivity index (χ4v) is 2.24. The summed E-state index contributed by atoms with van der Waals surface area (Å²) in [6, 6.07) is 5.63. The highest BCUT2D eigenvalue weighted by molar-refractivity contribution is 6.32. The van der Waals surface area contributed by atoms with Crippen LogP contribution in [0.1, 0.15) is 24.8 Å². The van der Waals surface area contributed by atoms with E-state index in [9.17, 15) is 0 Å². The molecule has 0 aliphatic carbocycles. The third kappa shape index (κ3) is 3.35. The third-order valence-corrected chi connectivity index (χ3v) is 3.25. The second kappa shape index (κ2) is 6.24. The molecule has 1 heterocycles. The summed E-state index contributed by atoms with van der Waals surface area (Å²) in [4.78, 5) is 0. The van der Waals surface area contributed by atoms with Crippen LogP contribution in [0, 0.1) is 0 Å². The Morgan fingerprint density at radius 1 is 1.41 bits per heavy atom. The number of para-hydroxylation sites is 1. The molecule has 4 heteroatoms. The quantitative estimate of drug-likeness (QED) is 0.900. The molecule has 1 aromatic carbocycles. The van der Waals surface area contributed by atoms with Crippen LogP contribution in [-0.2, 0) is 11.3 Å². The fraction of sp³-hybridized carbons (Fsp3) is 0.538. The Morgan fingerprint density at radius 2 is 2.29 bits per heavy atom. The number of hydrogen-bond acceptors (Lipinski definition) is 3. The average molecular weight is 256 g/mol. The van der Waals surface area contributed by atoms with Crippen molar-refractivity contribution >= 4 is 11.6 Å². The van der Waals surface area contributed by atoms with Gasteiger partial charge in [-0.05, 0) is 25.3 Å². The summed E-state index contributed by atoms with van der Waals surface area (Å²) in [5.74, 6) is 0.700. The molecule has 94 valence electrons. The van der Waals surface area contributed by atoms with E-state index in [1.807, 2.05) is 18.2 Å². The lowest BCUT2D eigenvalue weighted by Crippen LogP contribution is -2.26. The Labute approximate surface area is 107 Å². The molecule has 3 nitrogen and oxygen atoms in total. The first kappa shape index (κ1) is 12.7. The van der Waals surface area contributed by atoms with Crippen LogP contribution in [0.25, 0.3) is 0 Å². The van der Waals surface area contributed by atoms with Gasteiger partial charge in [-0.3, -0.25) is 0 Å². The highest BCUT2D eigenvalue weighted by atomic mass is 35.5. The Bertz CT molecular complexity index is 364. The molecule has 0 spiro atoms. The monoisotopic (exact) mass is 255 g/mol. The molecule has 17 heavy (non-hydrogen) atoms. The van der Waals surface area contributed by atoms with Gasteiger partial charge in [0.2, 0.25) is 0 Å². The first-order chi connectivity index (χ1) is 8.31. The molecule has 1 unspecified atom stereocenters. The summed E-state index contributed by atoms with van der Waals surface area (Å²) in [6.07, 6.45) is 3.60. The Morgan fingerprint density at radius 3 is 3.00 bits per heavy atom. The molecule has 0 amide bonds. The van der Waals surface area contributed by atoms with Crippen molar-refractivity contribution in [1.29, 1.82) is 0 Å². The van der Waals surface area contributed by atoms with Gasteiger partial charge in [-0.1, -0.05) is 23.7 Å². The number of ether oxygens (including phenoxy) is 2. The molecule has 2 rings (SSSR count). The number of rotatable bonds is 4. The second-order valence-corrected chi connectivity index (χ2v) is 4.64. The Hall–Kier alpha value is -0.770. The van der Waals surface area contributed by atoms with Crippen LogP contribution in [0.2, 0.25) is 5.02 Å². The number of hydrogen-bond donors (Lipinski definition) is 1. The number of nitrogens with two attached hydrogens (primary N) is 1. The van der Waals surface area contributed by atoms with E-state index in [1.54, 1.807) is 0 Å². The van der Waals surface area contributed by atoms with Gasteiger partial charge in [0, 0.05) is 18.7 Å². The summed E-state index contributed by atoms with van der Waals surface area (Å²) in [5.41, 5.74) is 6.60. The molecule has 2 N–H and O–H groups in total. The molecule has 0 radical (unpaired) electrons. The molecule has 1 aliphatic heterocycles. The lowest BCUT2D eigenvalue weighted by molar-refractivity contribution is -0.0112. The van der Waals surface area contributed by atoms with Crippen molar-refractivity contribution in [2.75, 3.05) is 13.2 Å². The average Bonchev–Trinajstić information content (AvgIpc) is 2.38. The van der Waals surface area contributed by atoms with Crippen molar-refractivity contribution in [2.24, 2.45) is 5.73 Å². The molecule has 0 aromatic heterocycles. The van der Waals surface area contributed by atoms with Gasteiger partial charge in [-0.2, -0.15) is 0 Å². The van der Waals surface area contributed by atoms with E-state index in [0.717, 1.165) is 25.0 Å². The first-order valence-corrected chi connectivity index (χ1v) is 6.41. The van der Waals surface area contributed by atoms with Crippen LogP contribution >= 0.6 is 11.6 Å². The molecule has 0 bridgehead atoms. The zero-order valence-electron chi connectivity index (χ0n) is 9.82. The summed E-state index contributed by atoms with van der Waals surface area (Å²) in [5, 5.41) is 0.615. The van der Waals surface area contributed by atoms with Crippen molar-refractivity contribution < 1.29 is 9.47 Å². The summed E-state index contributed by atoms with van der Waals surface area (Å²) >= 11 is 6.10. The molecule has 1 aliphatic rings. The molecule has 1 atom stereocenters. The molecular formula is C13H18ClNO2. The van der Waals surface area contributed by atoms with Gasteiger partial charge in [-0.25, -0.2) is 0 Å².